The van der Waals surface area contributed by atoms with E-state index in [9.17, 15) is 4.79 Å². The van der Waals surface area contributed by atoms with Gasteiger partial charge in [-0.05, 0) is 18.8 Å². The van der Waals surface area contributed by atoms with E-state index in [1.807, 2.05) is 20.8 Å². The van der Waals surface area contributed by atoms with E-state index in [4.69, 9.17) is 18.9 Å². The summed E-state index contributed by atoms with van der Waals surface area (Å²) in [5, 5.41) is 2.79. The van der Waals surface area contributed by atoms with E-state index in [-0.39, 0.29) is 5.91 Å². The Morgan fingerprint density at radius 3 is 1.68 bits per heavy atom. The minimum atomic E-state index is 0.0812. The number of carbonyl (C=O) groups excluding carboxylic acids is 1. The third-order valence-electron chi connectivity index (χ3n) is 3.00. The summed E-state index contributed by atoms with van der Waals surface area (Å²) in [4.78, 5) is 11.2. The first kappa shape index (κ1) is 26.5. The molecule has 0 atom stereocenters. The topological polar surface area (TPSA) is 66.0 Å². The third-order valence-corrected chi connectivity index (χ3v) is 3.00. The molecule has 0 spiro atoms. The van der Waals surface area contributed by atoms with Crippen LogP contribution in [0.2, 0.25) is 0 Å². The molecule has 0 heterocycles. The van der Waals surface area contributed by atoms with Gasteiger partial charge in [-0.15, -0.1) is 0 Å². The number of hydrogen-bond acceptors (Lipinski definition) is 5. The Morgan fingerprint density at radius 2 is 1.24 bits per heavy atom. The molecule has 1 amide bonds. The number of rotatable bonds is 17. The van der Waals surface area contributed by atoms with Crippen molar-refractivity contribution in [2.75, 3.05) is 59.4 Å². The van der Waals surface area contributed by atoms with Gasteiger partial charge in [-0.3, -0.25) is 4.79 Å². The van der Waals surface area contributed by atoms with Gasteiger partial charge in [0, 0.05) is 19.6 Å². The second-order valence-electron chi connectivity index (χ2n) is 5.73. The zero-order valence-electron chi connectivity index (χ0n) is 17.1. The highest BCUT2D eigenvalue weighted by Crippen LogP contribution is 1.98. The molecule has 0 unspecified atom stereocenters. The van der Waals surface area contributed by atoms with Crippen molar-refractivity contribution in [1.82, 2.24) is 5.32 Å². The summed E-state index contributed by atoms with van der Waals surface area (Å²) in [6.45, 7) is 15.7. The maximum atomic E-state index is 11.2. The molecule has 0 aliphatic rings. The number of nitrogens with one attached hydrogen (secondary N) is 1. The van der Waals surface area contributed by atoms with Crippen LogP contribution in [0.5, 0.6) is 0 Å². The van der Waals surface area contributed by atoms with E-state index in [1.165, 1.54) is 0 Å². The average Bonchev–Trinajstić information content (AvgIpc) is 2.60. The minimum absolute atomic E-state index is 0.0812. The van der Waals surface area contributed by atoms with Crippen LogP contribution in [0.15, 0.2) is 0 Å². The molecule has 0 aromatic heterocycles. The maximum absolute atomic E-state index is 11.2. The zero-order chi connectivity index (χ0) is 19.2. The predicted molar refractivity (Wildman–Crippen MR) is 102 cm³/mol. The highest BCUT2D eigenvalue weighted by molar-refractivity contribution is 5.75. The van der Waals surface area contributed by atoms with E-state index in [0.29, 0.717) is 65.1 Å². The van der Waals surface area contributed by atoms with Crippen molar-refractivity contribution in [3.63, 3.8) is 0 Å². The number of amides is 1. The summed E-state index contributed by atoms with van der Waals surface area (Å²) in [5.74, 6) is 0.761. The summed E-state index contributed by atoms with van der Waals surface area (Å²) in [5.41, 5.74) is 0. The summed E-state index contributed by atoms with van der Waals surface area (Å²) in [7, 11) is 0. The Kier molecular flexibility index (Phi) is 24.7. The van der Waals surface area contributed by atoms with Crippen molar-refractivity contribution in [2.45, 2.75) is 53.9 Å². The molecule has 6 nitrogen and oxygen atoms in total. The molecule has 1 N–H and O–H groups in total. The fraction of sp³-hybridized carbons (Fsp3) is 0.947. The van der Waals surface area contributed by atoms with Crippen molar-refractivity contribution in [1.29, 1.82) is 0 Å². The van der Waals surface area contributed by atoms with Crippen molar-refractivity contribution >= 4 is 5.91 Å². The molecule has 0 fully saturated rings. The van der Waals surface area contributed by atoms with Crippen LogP contribution in [-0.4, -0.2) is 65.3 Å². The Bertz CT molecular complexity index is 262. The van der Waals surface area contributed by atoms with E-state index in [0.717, 1.165) is 19.4 Å². The molecule has 0 aliphatic heterocycles. The second-order valence-corrected chi connectivity index (χ2v) is 5.73. The van der Waals surface area contributed by atoms with Gasteiger partial charge in [0.05, 0.1) is 46.2 Å². The normalized spacial score (nSPS) is 10.5. The Labute approximate surface area is 154 Å². The molecule has 0 bridgehead atoms. The first-order chi connectivity index (χ1) is 12.2. The average molecular weight is 364 g/mol. The highest BCUT2D eigenvalue weighted by Gasteiger charge is 1.98. The zero-order valence-corrected chi connectivity index (χ0v) is 17.1. The van der Waals surface area contributed by atoms with Crippen LogP contribution in [0.4, 0.5) is 0 Å². The SMILES string of the molecule is CC.CCCC(=O)NCCOCCOCCOCCOCCC(C)C. The van der Waals surface area contributed by atoms with Crippen LogP contribution in [0, 0.1) is 5.92 Å². The Morgan fingerprint density at radius 1 is 0.800 bits per heavy atom. The number of carbonyl (C=O) groups is 1. The Hall–Kier alpha value is -0.690. The molecule has 0 aromatic rings. The molecular formula is C19H41NO5. The van der Waals surface area contributed by atoms with Gasteiger partial charge in [0.15, 0.2) is 0 Å². The first-order valence-electron chi connectivity index (χ1n) is 9.74. The van der Waals surface area contributed by atoms with Crippen molar-refractivity contribution in [3.05, 3.63) is 0 Å². The lowest BCUT2D eigenvalue weighted by atomic mass is 10.1. The summed E-state index contributed by atoms with van der Waals surface area (Å²) in [6, 6.07) is 0. The molecule has 25 heavy (non-hydrogen) atoms. The Balaban J connectivity index is 0. The van der Waals surface area contributed by atoms with Gasteiger partial charge < -0.3 is 24.3 Å². The first-order valence-corrected chi connectivity index (χ1v) is 9.74. The lowest BCUT2D eigenvalue weighted by Gasteiger charge is -2.08. The van der Waals surface area contributed by atoms with Gasteiger partial charge in [-0.25, -0.2) is 0 Å². The summed E-state index contributed by atoms with van der Waals surface area (Å²) >= 11 is 0. The molecule has 0 saturated heterocycles. The minimum Gasteiger partial charge on any atom is -0.379 e. The van der Waals surface area contributed by atoms with Gasteiger partial charge in [-0.1, -0.05) is 34.6 Å². The second kappa shape index (κ2) is 23.3. The highest BCUT2D eigenvalue weighted by atomic mass is 16.6. The van der Waals surface area contributed by atoms with Gasteiger partial charge in [0.1, 0.15) is 0 Å². The van der Waals surface area contributed by atoms with E-state index in [1.54, 1.807) is 0 Å². The molecular weight excluding hydrogens is 322 g/mol. The van der Waals surface area contributed by atoms with Gasteiger partial charge in [0.2, 0.25) is 5.91 Å². The molecule has 6 heteroatoms. The smallest absolute Gasteiger partial charge is 0.220 e. The fourth-order valence-electron chi connectivity index (χ4n) is 1.66. The molecule has 0 aromatic carbocycles. The third kappa shape index (κ3) is 25.7. The van der Waals surface area contributed by atoms with Crippen LogP contribution in [-0.2, 0) is 23.7 Å². The lowest BCUT2D eigenvalue weighted by molar-refractivity contribution is -0.121. The molecule has 0 aliphatic carbocycles. The number of hydrogen-bond donors (Lipinski definition) is 1. The van der Waals surface area contributed by atoms with E-state index in [2.05, 4.69) is 19.2 Å². The van der Waals surface area contributed by atoms with Crippen LogP contribution in [0.25, 0.3) is 0 Å². The summed E-state index contributed by atoms with van der Waals surface area (Å²) < 4.78 is 21.6. The largest absolute Gasteiger partial charge is 0.379 e. The van der Waals surface area contributed by atoms with Crippen LogP contribution >= 0.6 is 0 Å². The lowest BCUT2D eigenvalue weighted by Crippen LogP contribution is -2.27. The van der Waals surface area contributed by atoms with Crippen LogP contribution < -0.4 is 5.32 Å². The fourth-order valence-corrected chi connectivity index (χ4v) is 1.66. The van der Waals surface area contributed by atoms with Gasteiger partial charge >= 0.3 is 0 Å². The summed E-state index contributed by atoms with van der Waals surface area (Å²) in [6.07, 6.45) is 2.53. The van der Waals surface area contributed by atoms with Crippen molar-refractivity contribution in [2.24, 2.45) is 5.92 Å². The van der Waals surface area contributed by atoms with Crippen LogP contribution in [0.3, 0.4) is 0 Å². The van der Waals surface area contributed by atoms with E-state index < -0.39 is 0 Å². The molecule has 0 rings (SSSR count). The van der Waals surface area contributed by atoms with Gasteiger partial charge in [0.25, 0.3) is 0 Å². The standard InChI is InChI=1S/C17H35NO5.C2H6/c1-4-5-17(19)18-7-9-21-11-13-23-15-14-22-12-10-20-8-6-16(2)3;1-2/h16H,4-15H2,1-3H3,(H,18,19);1-2H3. The quantitative estimate of drug-likeness (QED) is 0.402. The molecule has 0 saturated carbocycles. The van der Waals surface area contributed by atoms with Crippen LogP contribution in [0.1, 0.15) is 53.9 Å². The van der Waals surface area contributed by atoms with Crippen molar-refractivity contribution in [3.8, 4) is 0 Å². The van der Waals surface area contributed by atoms with E-state index >= 15 is 0 Å². The molecule has 152 valence electrons. The molecule has 0 radical (unpaired) electrons. The predicted octanol–water partition coefficient (Wildman–Crippen LogP) is 3.04. The maximum Gasteiger partial charge on any atom is 0.220 e. The number of ether oxygens (including phenoxy) is 4. The monoisotopic (exact) mass is 363 g/mol. The van der Waals surface area contributed by atoms with Crippen molar-refractivity contribution < 1.29 is 23.7 Å². The van der Waals surface area contributed by atoms with Gasteiger partial charge in [-0.2, -0.15) is 0 Å².